The molecule has 2 N–H and O–H groups in total. The molecule has 19 heavy (non-hydrogen) atoms. The second-order valence-corrected chi connectivity index (χ2v) is 4.70. The molecule has 1 atom stereocenters. The maximum atomic E-state index is 11.7. The second kappa shape index (κ2) is 6.21. The van der Waals surface area contributed by atoms with Crippen molar-refractivity contribution in [1.82, 2.24) is 10.6 Å². The number of hydrogen-bond acceptors (Lipinski definition) is 4. The van der Waals surface area contributed by atoms with E-state index in [-0.39, 0.29) is 11.9 Å². The van der Waals surface area contributed by atoms with E-state index < -0.39 is 0 Å². The Morgan fingerprint density at radius 1 is 1.58 bits per heavy atom. The van der Waals surface area contributed by atoms with Crippen LogP contribution in [-0.4, -0.2) is 38.6 Å². The maximum absolute atomic E-state index is 11.7. The van der Waals surface area contributed by atoms with Crippen molar-refractivity contribution in [3.8, 4) is 6.07 Å². The van der Waals surface area contributed by atoms with Crippen LogP contribution in [0, 0.1) is 11.3 Å². The second-order valence-electron chi connectivity index (χ2n) is 4.70. The molecule has 1 fully saturated rings. The van der Waals surface area contributed by atoms with Gasteiger partial charge in [-0.1, -0.05) is 6.07 Å². The highest BCUT2D eigenvalue weighted by Crippen LogP contribution is 2.18. The van der Waals surface area contributed by atoms with Crippen LogP contribution in [0.3, 0.4) is 0 Å². The van der Waals surface area contributed by atoms with Gasteiger partial charge in [-0.05, 0) is 38.2 Å². The Balaban J connectivity index is 2.10. The zero-order chi connectivity index (χ0) is 13.7. The molecule has 0 bridgehead atoms. The highest BCUT2D eigenvalue weighted by Gasteiger charge is 2.24. The molecule has 1 aliphatic heterocycles. The largest absolute Gasteiger partial charge is 0.360 e. The summed E-state index contributed by atoms with van der Waals surface area (Å²) in [4.78, 5) is 13.8. The number of nitrogens with one attached hydrogen (secondary N) is 2. The van der Waals surface area contributed by atoms with Crippen LogP contribution >= 0.6 is 0 Å². The van der Waals surface area contributed by atoms with E-state index in [0.29, 0.717) is 12.1 Å². The number of hydrogen-bond donors (Lipinski definition) is 2. The number of rotatable bonds is 4. The van der Waals surface area contributed by atoms with Crippen LogP contribution in [0.2, 0.25) is 0 Å². The molecule has 1 saturated heterocycles. The van der Waals surface area contributed by atoms with Crippen LogP contribution in [-0.2, 0) is 4.79 Å². The van der Waals surface area contributed by atoms with Crippen LogP contribution in [0.15, 0.2) is 24.3 Å². The molecule has 5 heteroatoms. The first-order chi connectivity index (χ1) is 9.22. The zero-order valence-corrected chi connectivity index (χ0v) is 11.0. The van der Waals surface area contributed by atoms with Gasteiger partial charge in [0.15, 0.2) is 0 Å². The van der Waals surface area contributed by atoms with E-state index in [1.165, 1.54) is 0 Å². The van der Waals surface area contributed by atoms with Crippen molar-refractivity contribution in [2.75, 3.05) is 31.6 Å². The van der Waals surface area contributed by atoms with Gasteiger partial charge in [-0.3, -0.25) is 4.79 Å². The molecule has 100 valence electrons. The molecule has 1 aromatic carbocycles. The molecule has 0 aromatic heterocycles. The van der Waals surface area contributed by atoms with Gasteiger partial charge in [-0.15, -0.1) is 0 Å². The minimum Gasteiger partial charge on any atom is -0.360 e. The van der Waals surface area contributed by atoms with E-state index in [0.717, 1.165) is 25.2 Å². The summed E-state index contributed by atoms with van der Waals surface area (Å²) in [7, 11) is 1.90. The van der Waals surface area contributed by atoms with Gasteiger partial charge in [0.2, 0.25) is 5.91 Å². The predicted octanol–water partition coefficient (Wildman–Crippen LogP) is 0.473. The van der Waals surface area contributed by atoms with Gasteiger partial charge in [0.1, 0.15) is 0 Å². The third kappa shape index (κ3) is 3.46. The fourth-order valence-corrected chi connectivity index (χ4v) is 2.27. The minimum atomic E-state index is 0.0368. The van der Waals surface area contributed by atoms with E-state index in [9.17, 15) is 4.79 Å². The molecule has 0 radical (unpaired) electrons. The molecule has 0 aliphatic carbocycles. The third-order valence-electron chi connectivity index (χ3n) is 3.22. The Morgan fingerprint density at radius 3 is 3.16 bits per heavy atom. The lowest BCUT2D eigenvalue weighted by atomic mass is 10.1. The van der Waals surface area contributed by atoms with Crippen molar-refractivity contribution in [2.45, 2.75) is 12.5 Å². The summed E-state index contributed by atoms with van der Waals surface area (Å²) in [6, 6.07) is 9.66. The number of carbonyl (C=O) groups excluding carboxylic acids is 1. The topological polar surface area (TPSA) is 68.2 Å². The summed E-state index contributed by atoms with van der Waals surface area (Å²) in [5.41, 5.74) is 1.55. The smallest absolute Gasteiger partial charge is 0.239 e. The summed E-state index contributed by atoms with van der Waals surface area (Å²) in [5, 5.41) is 15.0. The Bertz CT molecular complexity index is 494. The average molecular weight is 258 g/mol. The normalized spacial score (nSPS) is 18.8. The highest BCUT2D eigenvalue weighted by molar-refractivity contribution is 5.83. The number of nitrogens with zero attached hydrogens (tertiary/aromatic N) is 2. The van der Waals surface area contributed by atoms with E-state index in [1.807, 2.05) is 30.1 Å². The standard InChI is InChI=1S/C14H18N4O/c1-16-6-5-12-9-18(10-14(19)17-12)13-4-2-3-11(7-13)8-15/h2-4,7,12,16H,5-6,9-10H2,1H3,(H,17,19). The molecule has 1 amide bonds. The molecule has 2 rings (SSSR count). The van der Waals surface area contributed by atoms with Crippen LogP contribution in [0.4, 0.5) is 5.69 Å². The van der Waals surface area contributed by atoms with Gasteiger partial charge < -0.3 is 15.5 Å². The Labute approximate surface area is 113 Å². The number of anilines is 1. The van der Waals surface area contributed by atoms with E-state index in [4.69, 9.17) is 5.26 Å². The Morgan fingerprint density at radius 2 is 2.42 bits per heavy atom. The minimum absolute atomic E-state index is 0.0368. The van der Waals surface area contributed by atoms with Crippen molar-refractivity contribution in [3.63, 3.8) is 0 Å². The SMILES string of the molecule is CNCCC1CN(c2cccc(C#N)c2)CC(=O)N1. The van der Waals surface area contributed by atoms with Crippen molar-refractivity contribution < 1.29 is 4.79 Å². The number of nitriles is 1. The van der Waals surface area contributed by atoms with Crippen molar-refractivity contribution in [2.24, 2.45) is 0 Å². The van der Waals surface area contributed by atoms with E-state index in [2.05, 4.69) is 16.7 Å². The molecule has 1 aromatic rings. The predicted molar refractivity (Wildman–Crippen MR) is 73.8 cm³/mol. The van der Waals surface area contributed by atoms with E-state index >= 15 is 0 Å². The fourth-order valence-electron chi connectivity index (χ4n) is 2.27. The van der Waals surface area contributed by atoms with Crippen LogP contribution < -0.4 is 15.5 Å². The number of carbonyl (C=O) groups is 1. The Hall–Kier alpha value is -2.06. The van der Waals surface area contributed by atoms with Crippen molar-refractivity contribution in [1.29, 1.82) is 5.26 Å². The van der Waals surface area contributed by atoms with Gasteiger partial charge in [-0.2, -0.15) is 5.26 Å². The van der Waals surface area contributed by atoms with Crippen LogP contribution in [0.1, 0.15) is 12.0 Å². The first-order valence-electron chi connectivity index (χ1n) is 6.42. The summed E-state index contributed by atoms with van der Waals surface area (Å²) < 4.78 is 0. The lowest BCUT2D eigenvalue weighted by Gasteiger charge is -2.34. The van der Waals surface area contributed by atoms with Crippen LogP contribution in [0.5, 0.6) is 0 Å². The molecule has 1 aliphatic rings. The molecule has 0 spiro atoms. The summed E-state index contributed by atoms with van der Waals surface area (Å²) in [6.45, 7) is 2.00. The van der Waals surface area contributed by atoms with Gasteiger partial charge in [0.25, 0.3) is 0 Å². The van der Waals surface area contributed by atoms with Crippen molar-refractivity contribution in [3.05, 3.63) is 29.8 Å². The lowest BCUT2D eigenvalue weighted by molar-refractivity contribution is -0.121. The number of benzene rings is 1. The first-order valence-corrected chi connectivity index (χ1v) is 6.42. The van der Waals surface area contributed by atoms with Gasteiger partial charge in [0, 0.05) is 18.3 Å². The first kappa shape index (κ1) is 13.4. The molecule has 1 heterocycles. The molecule has 1 unspecified atom stereocenters. The molecule has 5 nitrogen and oxygen atoms in total. The monoisotopic (exact) mass is 258 g/mol. The number of piperazine rings is 1. The molecular weight excluding hydrogens is 240 g/mol. The van der Waals surface area contributed by atoms with Gasteiger partial charge in [0.05, 0.1) is 18.2 Å². The zero-order valence-electron chi connectivity index (χ0n) is 11.0. The van der Waals surface area contributed by atoms with Gasteiger partial charge in [-0.25, -0.2) is 0 Å². The Kier molecular flexibility index (Phi) is 4.37. The number of amides is 1. The van der Waals surface area contributed by atoms with E-state index in [1.54, 1.807) is 6.07 Å². The quantitative estimate of drug-likeness (QED) is 0.824. The molecule has 0 saturated carbocycles. The third-order valence-corrected chi connectivity index (χ3v) is 3.22. The summed E-state index contributed by atoms with van der Waals surface area (Å²) >= 11 is 0. The lowest BCUT2D eigenvalue weighted by Crippen LogP contribution is -2.54. The highest BCUT2D eigenvalue weighted by atomic mass is 16.2. The van der Waals surface area contributed by atoms with Crippen LogP contribution in [0.25, 0.3) is 0 Å². The average Bonchev–Trinajstić information content (AvgIpc) is 2.44. The summed E-state index contributed by atoms with van der Waals surface area (Å²) in [5.74, 6) is 0.0368. The van der Waals surface area contributed by atoms with Crippen molar-refractivity contribution >= 4 is 11.6 Å². The fraction of sp³-hybridized carbons (Fsp3) is 0.429. The maximum Gasteiger partial charge on any atom is 0.239 e. The molecular formula is C14H18N4O. The van der Waals surface area contributed by atoms with Gasteiger partial charge >= 0.3 is 0 Å². The summed E-state index contributed by atoms with van der Waals surface area (Å²) in [6.07, 6.45) is 0.899.